The number of halogens is 3. The lowest BCUT2D eigenvalue weighted by molar-refractivity contribution is -0.274. The van der Waals surface area contributed by atoms with Crippen molar-refractivity contribution in [2.45, 2.75) is 31.0 Å². The molecule has 154 valence electrons. The van der Waals surface area contributed by atoms with Crippen LogP contribution in [0.3, 0.4) is 0 Å². The van der Waals surface area contributed by atoms with Crippen LogP contribution in [0.2, 0.25) is 0 Å². The van der Waals surface area contributed by atoms with Gasteiger partial charge < -0.3 is 9.47 Å². The van der Waals surface area contributed by atoms with Crippen LogP contribution in [0.1, 0.15) is 24.0 Å². The molecule has 0 radical (unpaired) electrons. The molecular formula is C25H21F3O2. The van der Waals surface area contributed by atoms with Crippen LogP contribution in [0.5, 0.6) is 17.2 Å². The SMILES string of the molecule is FC(F)(F)Oc1ccc(C2(/C=C/Cc3cccc(Oc4ccccc4)c3)CC2)cc1. The number of allylic oxidation sites excluding steroid dienone is 2. The Labute approximate surface area is 173 Å². The maximum atomic E-state index is 12.3. The molecule has 0 N–H and O–H groups in total. The van der Waals surface area contributed by atoms with Gasteiger partial charge in [0.2, 0.25) is 0 Å². The molecule has 0 saturated heterocycles. The number of para-hydroxylation sites is 1. The van der Waals surface area contributed by atoms with Crippen LogP contribution in [-0.4, -0.2) is 6.36 Å². The zero-order valence-corrected chi connectivity index (χ0v) is 16.2. The molecule has 1 saturated carbocycles. The zero-order chi connectivity index (χ0) is 21.0. The lowest BCUT2D eigenvalue weighted by Crippen LogP contribution is -2.17. The fraction of sp³-hybridized carbons (Fsp3) is 0.200. The third-order valence-electron chi connectivity index (χ3n) is 5.12. The Bertz CT molecular complexity index is 1000. The van der Waals surface area contributed by atoms with Gasteiger partial charge in [-0.3, -0.25) is 0 Å². The third kappa shape index (κ3) is 5.23. The molecule has 0 aromatic heterocycles. The van der Waals surface area contributed by atoms with E-state index < -0.39 is 6.36 Å². The average Bonchev–Trinajstić information content (AvgIpc) is 3.49. The minimum atomic E-state index is -4.67. The lowest BCUT2D eigenvalue weighted by Gasteiger charge is -2.13. The smallest absolute Gasteiger partial charge is 0.457 e. The van der Waals surface area contributed by atoms with Gasteiger partial charge in [-0.25, -0.2) is 0 Å². The van der Waals surface area contributed by atoms with Gasteiger partial charge in [-0.2, -0.15) is 0 Å². The molecule has 3 aromatic rings. The summed E-state index contributed by atoms with van der Waals surface area (Å²) in [6.07, 6.45) is 2.34. The van der Waals surface area contributed by atoms with Gasteiger partial charge in [0.15, 0.2) is 0 Å². The van der Waals surface area contributed by atoms with E-state index in [9.17, 15) is 13.2 Å². The number of alkyl halides is 3. The average molecular weight is 410 g/mol. The molecular weight excluding hydrogens is 389 g/mol. The predicted octanol–water partition coefficient (Wildman–Crippen LogP) is 7.21. The van der Waals surface area contributed by atoms with Gasteiger partial charge in [-0.15, -0.1) is 13.2 Å². The molecule has 3 aromatic carbocycles. The topological polar surface area (TPSA) is 18.5 Å². The standard InChI is InChI=1S/C25H21F3O2/c26-25(27,28)30-22-13-11-20(12-14-22)24(16-17-24)15-5-7-19-6-4-10-23(18-19)29-21-8-2-1-3-9-21/h1-6,8-15,18H,7,16-17H2/b15-5+. The maximum absolute atomic E-state index is 12.3. The largest absolute Gasteiger partial charge is 0.573 e. The maximum Gasteiger partial charge on any atom is 0.573 e. The molecule has 0 unspecified atom stereocenters. The van der Waals surface area contributed by atoms with E-state index in [-0.39, 0.29) is 11.2 Å². The summed E-state index contributed by atoms with van der Waals surface area (Å²) in [6, 6.07) is 23.8. The Hall–Kier alpha value is -3.21. The van der Waals surface area contributed by atoms with Crippen molar-refractivity contribution in [2.75, 3.05) is 0 Å². The summed E-state index contributed by atoms with van der Waals surface area (Å²) in [6.45, 7) is 0. The second-order valence-corrected chi connectivity index (χ2v) is 7.40. The molecule has 30 heavy (non-hydrogen) atoms. The highest BCUT2D eigenvalue weighted by molar-refractivity contribution is 5.41. The van der Waals surface area contributed by atoms with Crippen LogP contribution >= 0.6 is 0 Å². The van der Waals surface area contributed by atoms with E-state index >= 15 is 0 Å². The Balaban J connectivity index is 1.39. The first-order valence-corrected chi connectivity index (χ1v) is 9.78. The van der Waals surface area contributed by atoms with E-state index in [1.165, 1.54) is 12.1 Å². The summed E-state index contributed by atoms with van der Waals surface area (Å²) in [5.41, 5.74) is 2.05. The highest BCUT2D eigenvalue weighted by Gasteiger charge is 2.41. The van der Waals surface area contributed by atoms with Crippen LogP contribution in [0.4, 0.5) is 13.2 Å². The van der Waals surface area contributed by atoms with Crippen molar-refractivity contribution in [1.29, 1.82) is 0 Å². The number of benzene rings is 3. The van der Waals surface area contributed by atoms with Crippen molar-refractivity contribution in [3.8, 4) is 17.2 Å². The second-order valence-electron chi connectivity index (χ2n) is 7.40. The van der Waals surface area contributed by atoms with Crippen molar-refractivity contribution in [3.05, 3.63) is 102 Å². The summed E-state index contributed by atoms with van der Waals surface area (Å²) < 4.78 is 46.8. The first-order chi connectivity index (χ1) is 14.4. The fourth-order valence-corrected chi connectivity index (χ4v) is 3.46. The van der Waals surface area contributed by atoms with Crippen molar-refractivity contribution < 1.29 is 22.6 Å². The van der Waals surface area contributed by atoms with Crippen molar-refractivity contribution in [2.24, 2.45) is 0 Å². The molecule has 1 aliphatic rings. The monoisotopic (exact) mass is 410 g/mol. The van der Waals surface area contributed by atoms with Gasteiger partial charge in [0.1, 0.15) is 17.2 Å². The van der Waals surface area contributed by atoms with Crippen LogP contribution in [0.15, 0.2) is 91.0 Å². The Morgan fingerprint density at radius 1 is 0.800 bits per heavy atom. The molecule has 0 amide bonds. The minimum absolute atomic E-state index is 0.0884. The summed E-state index contributed by atoms with van der Waals surface area (Å²) in [4.78, 5) is 0. The molecule has 0 spiro atoms. The third-order valence-corrected chi connectivity index (χ3v) is 5.12. The Morgan fingerprint density at radius 2 is 1.50 bits per heavy atom. The second kappa shape index (κ2) is 8.27. The van der Waals surface area contributed by atoms with Crippen LogP contribution < -0.4 is 9.47 Å². The molecule has 0 atom stereocenters. The van der Waals surface area contributed by atoms with E-state index in [2.05, 4.69) is 16.9 Å². The molecule has 2 nitrogen and oxygen atoms in total. The summed E-state index contributed by atoms with van der Waals surface area (Å²) in [7, 11) is 0. The van der Waals surface area contributed by atoms with E-state index in [0.717, 1.165) is 41.9 Å². The van der Waals surface area contributed by atoms with Crippen molar-refractivity contribution in [3.63, 3.8) is 0 Å². The number of rotatable bonds is 7. The van der Waals surface area contributed by atoms with E-state index in [0.29, 0.717) is 0 Å². The molecule has 4 rings (SSSR count). The van der Waals surface area contributed by atoms with Crippen molar-refractivity contribution in [1.82, 2.24) is 0 Å². The van der Waals surface area contributed by atoms with E-state index in [1.807, 2.05) is 54.6 Å². The first-order valence-electron chi connectivity index (χ1n) is 9.78. The molecule has 0 aliphatic heterocycles. The molecule has 1 aliphatic carbocycles. The quantitative estimate of drug-likeness (QED) is 0.383. The molecule has 5 heteroatoms. The molecule has 1 fully saturated rings. The first kappa shape index (κ1) is 20.1. The zero-order valence-electron chi connectivity index (χ0n) is 16.2. The molecule has 0 bridgehead atoms. The number of hydrogen-bond acceptors (Lipinski definition) is 2. The lowest BCUT2D eigenvalue weighted by atomic mass is 9.94. The van der Waals surface area contributed by atoms with E-state index in [1.54, 1.807) is 12.1 Å². The fourth-order valence-electron chi connectivity index (χ4n) is 3.46. The van der Waals surface area contributed by atoms with Crippen LogP contribution in [0.25, 0.3) is 0 Å². The van der Waals surface area contributed by atoms with Gasteiger partial charge in [-0.05, 0) is 66.8 Å². The van der Waals surface area contributed by atoms with E-state index in [4.69, 9.17) is 4.74 Å². The van der Waals surface area contributed by atoms with Crippen LogP contribution in [-0.2, 0) is 11.8 Å². The highest BCUT2D eigenvalue weighted by Crippen LogP contribution is 2.49. The van der Waals surface area contributed by atoms with Crippen molar-refractivity contribution >= 4 is 0 Å². The minimum Gasteiger partial charge on any atom is -0.457 e. The van der Waals surface area contributed by atoms with Gasteiger partial charge in [0, 0.05) is 5.41 Å². The normalized spacial score (nSPS) is 15.2. The Morgan fingerprint density at radius 3 is 2.17 bits per heavy atom. The van der Waals surface area contributed by atoms with Crippen LogP contribution in [0, 0.1) is 0 Å². The predicted molar refractivity (Wildman–Crippen MR) is 110 cm³/mol. The summed E-state index contributed by atoms with van der Waals surface area (Å²) in [5, 5.41) is 0. The van der Waals surface area contributed by atoms with Gasteiger partial charge in [0.25, 0.3) is 0 Å². The summed E-state index contributed by atoms with van der Waals surface area (Å²) >= 11 is 0. The highest BCUT2D eigenvalue weighted by atomic mass is 19.4. The van der Waals surface area contributed by atoms with Gasteiger partial charge in [-0.1, -0.05) is 54.6 Å². The summed E-state index contributed by atoms with van der Waals surface area (Å²) in [5.74, 6) is 1.38. The number of ether oxygens (including phenoxy) is 2. The van der Waals surface area contributed by atoms with Gasteiger partial charge in [0.05, 0.1) is 0 Å². The number of hydrogen-bond donors (Lipinski definition) is 0. The Kier molecular flexibility index (Phi) is 5.53. The molecule has 0 heterocycles. The van der Waals surface area contributed by atoms with Gasteiger partial charge >= 0.3 is 6.36 Å².